The fourth-order valence-electron chi connectivity index (χ4n) is 3.67. The Bertz CT molecular complexity index is 942. The van der Waals surface area contributed by atoms with Crippen LogP contribution in [-0.4, -0.2) is 19.6 Å². The van der Waals surface area contributed by atoms with Crippen LogP contribution in [0.5, 0.6) is 0 Å². The normalized spacial score (nSPS) is 16.2. The van der Waals surface area contributed by atoms with Gasteiger partial charge in [0.25, 0.3) is 0 Å². The molecule has 1 saturated carbocycles. The molecular formula is C21H28N4O2S2. The Morgan fingerprint density at radius 1 is 1.07 bits per heavy atom. The summed E-state index contributed by atoms with van der Waals surface area (Å²) >= 11 is 5.30. The van der Waals surface area contributed by atoms with Crippen LogP contribution in [0.3, 0.4) is 0 Å². The van der Waals surface area contributed by atoms with Crippen molar-refractivity contribution in [1.82, 2.24) is 4.72 Å². The molecule has 2 aromatic rings. The first-order valence-corrected chi connectivity index (χ1v) is 11.8. The number of rotatable bonds is 6. The highest BCUT2D eigenvalue weighted by Gasteiger charge is 2.25. The topological polar surface area (TPSA) is 96.2 Å². The van der Waals surface area contributed by atoms with E-state index in [1.165, 1.54) is 25.3 Å². The van der Waals surface area contributed by atoms with Gasteiger partial charge < -0.3 is 16.4 Å². The number of para-hydroxylation sites is 1. The molecule has 0 heterocycles. The van der Waals surface area contributed by atoms with Crippen LogP contribution >= 0.6 is 12.2 Å². The molecule has 0 bridgehead atoms. The number of sulfonamides is 1. The van der Waals surface area contributed by atoms with E-state index in [4.69, 9.17) is 18.0 Å². The summed E-state index contributed by atoms with van der Waals surface area (Å²) in [6.07, 6.45) is 5.71. The number of hydrogen-bond acceptors (Lipinski definition) is 4. The molecule has 1 aliphatic rings. The third-order valence-electron chi connectivity index (χ3n) is 5.31. The molecule has 6 nitrogen and oxygen atoms in total. The molecule has 1 fully saturated rings. The lowest BCUT2D eigenvalue weighted by atomic mass is 9.85. The van der Waals surface area contributed by atoms with Gasteiger partial charge in [-0.25, -0.2) is 13.1 Å². The summed E-state index contributed by atoms with van der Waals surface area (Å²) in [6.45, 7) is 1.94. The van der Waals surface area contributed by atoms with E-state index in [1.54, 1.807) is 12.1 Å². The molecule has 1 atom stereocenters. The molecule has 0 saturated heterocycles. The van der Waals surface area contributed by atoms with Crippen LogP contribution in [0.15, 0.2) is 53.4 Å². The Morgan fingerprint density at radius 3 is 2.41 bits per heavy atom. The molecule has 156 valence electrons. The third-order valence-corrected chi connectivity index (χ3v) is 7.07. The standard InChI is InChI=1S/C21H28N4O2S2/c1-15(16-8-4-2-5-9-16)25-29(26,27)18-12-13-20(19(22)14-18)24-21(28)23-17-10-6-3-7-11-17/h3,6-7,10-16,25H,2,4-5,8-9,22H2,1H3,(H2,23,24,28). The minimum absolute atomic E-state index is 0.0954. The zero-order chi connectivity index (χ0) is 20.9. The van der Waals surface area contributed by atoms with Gasteiger partial charge in [-0.2, -0.15) is 0 Å². The molecule has 8 heteroatoms. The molecule has 0 spiro atoms. The first kappa shape index (κ1) is 21.5. The number of anilines is 3. The van der Waals surface area contributed by atoms with Gasteiger partial charge in [0.2, 0.25) is 10.0 Å². The Balaban J connectivity index is 1.65. The van der Waals surface area contributed by atoms with Crippen molar-refractivity contribution in [3.05, 3.63) is 48.5 Å². The van der Waals surface area contributed by atoms with Gasteiger partial charge in [0.05, 0.1) is 16.3 Å². The lowest BCUT2D eigenvalue weighted by molar-refractivity contribution is 0.303. The summed E-state index contributed by atoms with van der Waals surface area (Å²) in [6, 6.07) is 14.1. The van der Waals surface area contributed by atoms with Crippen LogP contribution in [0, 0.1) is 5.92 Å². The molecule has 5 N–H and O–H groups in total. The quantitative estimate of drug-likeness (QED) is 0.401. The summed E-state index contributed by atoms with van der Waals surface area (Å²) in [7, 11) is -3.63. The fraction of sp³-hybridized carbons (Fsp3) is 0.381. The van der Waals surface area contributed by atoms with Crippen LogP contribution in [0.1, 0.15) is 39.0 Å². The van der Waals surface area contributed by atoms with Crippen LogP contribution in [0.4, 0.5) is 17.1 Å². The number of benzene rings is 2. The van der Waals surface area contributed by atoms with Crippen molar-refractivity contribution in [3.8, 4) is 0 Å². The second-order valence-electron chi connectivity index (χ2n) is 7.50. The van der Waals surface area contributed by atoms with Crippen LogP contribution < -0.4 is 21.1 Å². The van der Waals surface area contributed by atoms with Crippen LogP contribution in [-0.2, 0) is 10.0 Å². The monoisotopic (exact) mass is 432 g/mol. The largest absolute Gasteiger partial charge is 0.397 e. The first-order valence-electron chi connectivity index (χ1n) is 9.90. The van der Waals surface area contributed by atoms with E-state index in [0.717, 1.165) is 18.5 Å². The first-order chi connectivity index (χ1) is 13.8. The van der Waals surface area contributed by atoms with E-state index in [2.05, 4.69) is 15.4 Å². The van der Waals surface area contributed by atoms with Crippen molar-refractivity contribution in [3.63, 3.8) is 0 Å². The van der Waals surface area contributed by atoms with E-state index in [9.17, 15) is 8.42 Å². The molecule has 0 radical (unpaired) electrons. The minimum Gasteiger partial charge on any atom is -0.397 e. The van der Waals surface area contributed by atoms with Gasteiger partial charge in [0.1, 0.15) is 0 Å². The molecule has 29 heavy (non-hydrogen) atoms. The third kappa shape index (κ3) is 5.91. The van der Waals surface area contributed by atoms with Crippen LogP contribution in [0.25, 0.3) is 0 Å². The predicted molar refractivity (Wildman–Crippen MR) is 123 cm³/mol. The summed E-state index contributed by atoms with van der Waals surface area (Å²) in [5, 5.41) is 6.45. The maximum atomic E-state index is 12.8. The summed E-state index contributed by atoms with van der Waals surface area (Å²) in [5.41, 5.74) is 7.81. The maximum Gasteiger partial charge on any atom is 0.240 e. The van der Waals surface area contributed by atoms with Gasteiger partial charge in [0.15, 0.2) is 5.11 Å². The average molecular weight is 433 g/mol. The Hall–Kier alpha value is -2.16. The molecule has 0 aliphatic heterocycles. The molecule has 1 aliphatic carbocycles. The van der Waals surface area contributed by atoms with Crippen molar-refractivity contribution in [2.24, 2.45) is 5.92 Å². The Kier molecular flexibility index (Phi) is 7.10. The second kappa shape index (κ2) is 9.56. The van der Waals surface area contributed by atoms with Crippen molar-refractivity contribution in [1.29, 1.82) is 0 Å². The summed E-state index contributed by atoms with van der Waals surface area (Å²) < 4.78 is 28.4. The van der Waals surface area contributed by atoms with Gasteiger partial charge in [-0.05, 0) is 68.2 Å². The molecule has 2 aromatic carbocycles. The number of nitrogens with one attached hydrogen (secondary N) is 3. The van der Waals surface area contributed by atoms with Crippen molar-refractivity contribution < 1.29 is 8.42 Å². The molecular weight excluding hydrogens is 404 g/mol. The lowest BCUT2D eigenvalue weighted by Gasteiger charge is -2.28. The summed E-state index contributed by atoms with van der Waals surface area (Å²) in [4.78, 5) is 0.158. The maximum absolute atomic E-state index is 12.8. The predicted octanol–water partition coefficient (Wildman–Crippen LogP) is 4.32. The van der Waals surface area contributed by atoms with Gasteiger partial charge in [-0.15, -0.1) is 0 Å². The fourth-order valence-corrected chi connectivity index (χ4v) is 5.25. The molecule has 3 rings (SSSR count). The smallest absolute Gasteiger partial charge is 0.240 e. The second-order valence-corrected chi connectivity index (χ2v) is 9.62. The van der Waals surface area contributed by atoms with E-state index < -0.39 is 10.0 Å². The highest BCUT2D eigenvalue weighted by atomic mass is 32.2. The lowest BCUT2D eigenvalue weighted by Crippen LogP contribution is -2.38. The number of nitrogens with two attached hydrogens (primary N) is 1. The SMILES string of the molecule is CC(NS(=O)(=O)c1ccc(NC(=S)Nc2ccccc2)c(N)c1)C1CCCCC1. The van der Waals surface area contributed by atoms with Crippen molar-refractivity contribution in [2.45, 2.75) is 50.0 Å². The van der Waals surface area contributed by atoms with Gasteiger partial charge in [0, 0.05) is 11.7 Å². The van der Waals surface area contributed by atoms with Crippen molar-refractivity contribution in [2.75, 3.05) is 16.4 Å². The van der Waals surface area contributed by atoms with E-state index >= 15 is 0 Å². The molecule has 1 unspecified atom stereocenters. The zero-order valence-corrected chi connectivity index (χ0v) is 18.2. The minimum atomic E-state index is -3.63. The van der Waals surface area contributed by atoms with Crippen LogP contribution in [0.2, 0.25) is 0 Å². The highest BCUT2D eigenvalue weighted by molar-refractivity contribution is 7.89. The zero-order valence-electron chi connectivity index (χ0n) is 16.5. The van der Waals surface area contributed by atoms with Crippen molar-refractivity contribution >= 4 is 44.4 Å². The van der Waals surface area contributed by atoms with E-state index in [-0.39, 0.29) is 10.9 Å². The highest BCUT2D eigenvalue weighted by Crippen LogP contribution is 2.28. The number of hydrogen-bond donors (Lipinski definition) is 4. The van der Waals surface area contributed by atoms with Gasteiger partial charge >= 0.3 is 0 Å². The summed E-state index contributed by atoms with van der Waals surface area (Å²) in [5.74, 6) is 0.387. The average Bonchev–Trinajstić information content (AvgIpc) is 2.70. The number of nitrogen functional groups attached to an aromatic ring is 1. The molecule has 0 amide bonds. The number of thiocarbonyl (C=S) groups is 1. The Labute approximate surface area is 178 Å². The molecule has 0 aromatic heterocycles. The van der Waals surface area contributed by atoms with Gasteiger partial charge in [-0.1, -0.05) is 37.5 Å². The van der Waals surface area contributed by atoms with Gasteiger partial charge in [-0.3, -0.25) is 0 Å². The van der Waals surface area contributed by atoms with E-state index in [1.807, 2.05) is 37.3 Å². The Morgan fingerprint density at radius 2 is 1.76 bits per heavy atom. The van der Waals surface area contributed by atoms with E-state index in [0.29, 0.717) is 22.4 Å².